The molecule has 0 aliphatic rings. The normalized spacial score (nSPS) is 10.6. The van der Waals surface area contributed by atoms with Gasteiger partial charge in [0.2, 0.25) is 0 Å². The first-order chi connectivity index (χ1) is 13.6. The van der Waals surface area contributed by atoms with Gasteiger partial charge in [0, 0.05) is 12.4 Å². The van der Waals surface area contributed by atoms with Crippen LogP contribution in [-0.4, -0.2) is 34.5 Å². The van der Waals surface area contributed by atoms with Crippen molar-refractivity contribution in [2.24, 2.45) is 5.10 Å². The summed E-state index contributed by atoms with van der Waals surface area (Å²) < 4.78 is 10.6. The van der Waals surface area contributed by atoms with Crippen LogP contribution >= 0.6 is 11.6 Å². The molecule has 142 valence electrons. The predicted octanol–water partition coefficient (Wildman–Crippen LogP) is 2.49. The standard InChI is InChI=1S/C18H14ClN5O4/c1-27-15-8-11(9-21-23-13-10-22-24-17(25)16(13)19)2-3-14(15)28-18(26)12-4-6-20-7-5-12/h2-10H,1H3,(H2,23,24,25)/b21-9-. The number of hydrazone groups is 1. The van der Waals surface area contributed by atoms with Crippen molar-refractivity contribution in [3.63, 3.8) is 0 Å². The van der Waals surface area contributed by atoms with E-state index in [2.05, 4.69) is 25.7 Å². The van der Waals surface area contributed by atoms with Crippen LogP contribution in [0.3, 0.4) is 0 Å². The van der Waals surface area contributed by atoms with Gasteiger partial charge in [-0.15, -0.1) is 0 Å². The van der Waals surface area contributed by atoms with Crippen molar-refractivity contribution >= 4 is 29.5 Å². The Morgan fingerprint density at radius 1 is 1.25 bits per heavy atom. The van der Waals surface area contributed by atoms with Crippen molar-refractivity contribution < 1.29 is 14.3 Å². The van der Waals surface area contributed by atoms with Gasteiger partial charge in [-0.2, -0.15) is 10.2 Å². The summed E-state index contributed by atoms with van der Waals surface area (Å²) in [6.45, 7) is 0. The third-order valence-corrected chi connectivity index (χ3v) is 3.88. The quantitative estimate of drug-likeness (QED) is 0.283. The summed E-state index contributed by atoms with van der Waals surface area (Å²) >= 11 is 5.85. The Labute approximate surface area is 164 Å². The highest BCUT2D eigenvalue weighted by atomic mass is 35.5. The Bertz CT molecular complexity index is 1070. The zero-order chi connectivity index (χ0) is 19.9. The predicted molar refractivity (Wildman–Crippen MR) is 103 cm³/mol. The number of H-pyrrole nitrogens is 1. The molecule has 3 aromatic rings. The molecule has 0 radical (unpaired) electrons. The van der Waals surface area contributed by atoms with Gasteiger partial charge >= 0.3 is 5.97 Å². The van der Waals surface area contributed by atoms with E-state index in [4.69, 9.17) is 21.1 Å². The summed E-state index contributed by atoms with van der Waals surface area (Å²) in [5.74, 6) is 0.0821. The number of aromatic nitrogens is 3. The molecule has 0 fully saturated rings. The summed E-state index contributed by atoms with van der Waals surface area (Å²) in [6.07, 6.45) is 5.82. The van der Waals surface area contributed by atoms with Crippen molar-refractivity contribution in [1.82, 2.24) is 15.2 Å². The molecule has 28 heavy (non-hydrogen) atoms. The molecule has 0 unspecified atom stereocenters. The fourth-order valence-electron chi connectivity index (χ4n) is 2.13. The molecule has 0 atom stereocenters. The lowest BCUT2D eigenvalue weighted by Crippen LogP contribution is -2.10. The molecule has 2 N–H and O–H groups in total. The lowest BCUT2D eigenvalue weighted by Gasteiger charge is -2.10. The smallest absolute Gasteiger partial charge is 0.343 e. The van der Waals surface area contributed by atoms with Crippen LogP contribution in [-0.2, 0) is 0 Å². The molecule has 2 heterocycles. The molecule has 0 amide bonds. The number of anilines is 1. The van der Waals surface area contributed by atoms with Gasteiger partial charge in [0.15, 0.2) is 11.5 Å². The number of hydrogen-bond donors (Lipinski definition) is 2. The molecule has 0 aliphatic heterocycles. The summed E-state index contributed by atoms with van der Waals surface area (Å²) in [7, 11) is 1.46. The van der Waals surface area contributed by atoms with Crippen LogP contribution in [0.2, 0.25) is 5.02 Å². The summed E-state index contributed by atoms with van der Waals surface area (Å²) in [5, 5.41) is 9.79. The van der Waals surface area contributed by atoms with Gasteiger partial charge in [-0.3, -0.25) is 15.2 Å². The summed E-state index contributed by atoms with van der Waals surface area (Å²) in [6, 6.07) is 8.01. The fraction of sp³-hybridized carbons (Fsp3) is 0.0556. The number of halogens is 1. The van der Waals surface area contributed by atoms with Crippen molar-refractivity contribution in [2.75, 3.05) is 12.5 Å². The first-order valence-electron chi connectivity index (χ1n) is 7.91. The number of rotatable bonds is 6. The van der Waals surface area contributed by atoms with Crippen LogP contribution in [0.15, 0.2) is 58.8 Å². The average Bonchev–Trinajstić information content (AvgIpc) is 2.72. The number of pyridine rings is 1. The van der Waals surface area contributed by atoms with Crippen LogP contribution < -0.4 is 20.5 Å². The number of nitrogens with zero attached hydrogens (tertiary/aromatic N) is 3. The molecule has 1 aromatic carbocycles. The van der Waals surface area contributed by atoms with Crippen LogP contribution in [0.4, 0.5) is 5.69 Å². The monoisotopic (exact) mass is 399 g/mol. The maximum Gasteiger partial charge on any atom is 0.343 e. The van der Waals surface area contributed by atoms with Gasteiger partial charge in [-0.05, 0) is 35.9 Å². The third kappa shape index (κ3) is 4.51. The molecular formula is C18H14ClN5O4. The first-order valence-corrected chi connectivity index (χ1v) is 8.29. The molecule has 2 aromatic heterocycles. The topological polar surface area (TPSA) is 119 Å². The van der Waals surface area contributed by atoms with Gasteiger partial charge in [0.25, 0.3) is 5.56 Å². The molecule has 10 heteroatoms. The highest BCUT2D eigenvalue weighted by Crippen LogP contribution is 2.28. The van der Waals surface area contributed by atoms with Gasteiger partial charge in [-0.1, -0.05) is 11.6 Å². The molecular weight excluding hydrogens is 386 g/mol. The van der Waals surface area contributed by atoms with E-state index in [9.17, 15) is 9.59 Å². The molecule has 3 rings (SSSR count). The average molecular weight is 400 g/mol. The number of hydrogen-bond acceptors (Lipinski definition) is 8. The van der Waals surface area contributed by atoms with E-state index in [1.54, 1.807) is 30.3 Å². The van der Waals surface area contributed by atoms with E-state index in [0.29, 0.717) is 16.9 Å². The molecule has 0 saturated carbocycles. The fourth-order valence-corrected chi connectivity index (χ4v) is 2.27. The Balaban J connectivity index is 1.73. The Hall–Kier alpha value is -3.72. The zero-order valence-electron chi connectivity index (χ0n) is 14.5. The van der Waals surface area contributed by atoms with Crippen LogP contribution in [0, 0.1) is 0 Å². The molecule has 0 aliphatic carbocycles. The van der Waals surface area contributed by atoms with Gasteiger partial charge in [0.1, 0.15) is 10.7 Å². The second-order valence-electron chi connectivity index (χ2n) is 5.33. The van der Waals surface area contributed by atoms with Crippen LogP contribution in [0.5, 0.6) is 11.5 Å². The Morgan fingerprint density at radius 2 is 2.04 bits per heavy atom. The highest BCUT2D eigenvalue weighted by molar-refractivity contribution is 6.32. The van der Waals surface area contributed by atoms with Crippen molar-refractivity contribution in [1.29, 1.82) is 0 Å². The Morgan fingerprint density at radius 3 is 2.79 bits per heavy atom. The van der Waals surface area contributed by atoms with Crippen LogP contribution in [0.25, 0.3) is 0 Å². The number of esters is 1. The summed E-state index contributed by atoms with van der Waals surface area (Å²) in [5.41, 5.74) is 3.39. The number of benzene rings is 1. The van der Waals surface area contributed by atoms with E-state index < -0.39 is 11.5 Å². The zero-order valence-corrected chi connectivity index (χ0v) is 15.3. The third-order valence-electron chi connectivity index (χ3n) is 3.50. The van der Waals surface area contributed by atoms with E-state index in [-0.39, 0.29) is 16.5 Å². The van der Waals surface area contributed by atoms with Gasteiger partial charge in [-0.25, -0.2) is 9.89 Å². The lowest BCUT2D eigenvalue weighted by atomic mass is 10.2. The number of carbonyl (C=O) groups excluding carboxylic acids is 1. The number of nitrogens with one attached hydrogen (secondary N) is 2. The largest absolute Gasteiger partial charge is 0.493 e. The SMILES string of the molecule is COc1cc(/C=N\Nc2cn[nH]c(=O)c2Cl)ccc1OC(=O)c1ccncc1. The van der Waals surface area contributed by atoms with Crippen LogP contribution in [0.1, 0.15) is 15.9 Å². The van der Waals surface area contributed by atoms with E-state index in [1.165, 1.54) is 31.9 Å². The maximum atomic E-state index is 12.2. The minimum Gasteiger partial charge on any atom is -0.493 e. The molecule has 9 nitrogen and oxygen atoms in total. The van der Waals surface area contributed by atoms with E-state index in [1.807, 2.05) is 0 Å². The number of ether oxygens (including phenoxy) is 2. The van der Waals surface area contributed by atoms with Gasteiger partial charge in [0.05, 0.1) is 25.1 Å². The number of carbonyl (C=O) groups is 1. The second-order valence-corrected chi connectivity index (χ2v) is 5.71. The van der Waals surface area contributed by atoms with Crippen molar-refractivity contribution in [3.05, 3.63) is 75.4 Å². The lowest BCUT2D eigenvalue weighted by molar-refractivity contribution is 0.0729. The molecule has 0 spiro atoms. The molecule has 0 saturated heterocycles. The second kappa shape index (κ2) is 8.78. The van der Waals surface area contributed by atoms with E-state index >= 15 is 0 Å². The highest BCUT2D eigenvalue weighted by Gasteiger charge is 2.12. The first kappa shape index (κ1) is 19.1. The summed E-state index contributed by atoms with van der Waals surface area (Å²) in [4.78, 5) is 27.4. The number of methoxy groups -OCH3 is 1. The molecule has 0 bridgehead atoms. The maximum absolute atomic E-state index is 12.2. The van der Waals surface area contributed by atoms with E-state index in [0.717, 1.165) is 0 Å². The Kier molecular flexibility index (Phi) is 5.97. The minimum atomic E-state index is -0.528. The van der Waals surface area contributed by atoms with Gasteiger partial charge < -0.3 is 9.47 Å². The number of aromatic amines is 1. The minimum absolute atomic E-state index is 0.0527. The van der Waals surface area contributed by atoms with Crippen molar-refractivity contribution in [2.45, 2.75) is 0 Å². The van der Waals surface area contributed by atoms with Crippen molar-refractivity contribution in [3.8, 4) is 11.5 Å².